The van der Waals surface area contributed by atoms with Crippen LogP contribution in [0.5, 0.6) is 0 Å². The van der Waals surface area contributed by atoms with Crippen molar-refractivity contribution < 1.29 is 13.2 Å². The number of hydrogen-bond acceptors (Lipinski definition) is 2. The zero-order valence-electron chi connectivity index (χ0n) is 18.0. The lowest BCUT2D eigenvalue weighted by Crippen LogP contribution is -2.35. The second kappa shape index (κ2) is 10.2. The van der Waals surface area contributed by atoms with Gasteiger partial charge in [-0.2, -0.15) is 13.2 Å². The summed E-state index contributed by atoms with van der Waals surface area (Å²) in [6.07, 6.45) is -2.43. The number of allylic oxidation sites excluding steroid dienone is 1. The molecule has 0 saturated carbocycles. The number of para-hydroxylation sites is 1. The van der Waals surface area contributed by atoms with Gasteiger partial charge < -0.3 is 11.1 Å². The maximum atomic E-state index is 13.4. The SMILES string of the molecule is C/C=C(/c1ccccc1)C(C)NC(=NCc1ccccc1C(F)(F)F)c1ccccc1N. The smallest absolute Gasteiger partial charge is 0.398 e. The molecule has 0 aliphatic rings. The van der Waals surface area contributed by atoms with E-state index in [0.29, 0.717) is 17.1 Å². The largest absolute Gasteiger partial charge is 0.416 e. The van der Waals surface area contributed by atoms with E-state index in [1.807, 2.05) is 56.3 Å². The van der Waals surface area contributed by atoms with Gasteiger partial charge in [0.05, 0.1) is 18.2 Å². The van der Waals surface area contributed by atoms with Crippen molar-refractivity contribution in [3.05, 3.63) is 107 Å². The summed E-state index contributed by atoms with van der Waals surface area (Å²) in [5, 5.41) is 3.37. The maximum Gasteiger partial charge on any atom is 0.416 e. The first-order valence-corrected chi connectivity index (χ1v) is 10.3. The van der Waals surface area contributed by atoms with Gasteiger partial charge in [-0.3, -0.25) is 4.99 Å². The summed E-state index contributed by atoms with van der Waals surface area (Å²) in [5.74, 6) is 0.447. The van der Waals surface area contributed by atoms with E-state index in [9.17, 15) is 13.2 Å². The number of hydrogen-bond donors (Lipinski definition) is 2. The van der Waals surface area contributed by atoms with Gasteiger partial charge in [0.15, 0.2) is 0 Å². The molecule has 0 saturated heterocycles. The fourth-order valence-electron chi connectivity index (χ4n) is 3.60. The fraction of sp³-hybridized carbons (Fsp3) is 0.192. The quantitative estimate of drug-likeness (QED) is 0.269. The molecule has 3 aromatic carbocycles. The molecule has 3 nitrogen and oxygen atoms in total. The number of nitrogens with two attached hydrogens (primary N) is 1. The Hall–Kier alpha value is -3.54. The molecule has 0 fully saturated rings. The van der Waals surface area contributed by atoms with Crippen LogP contribution in [0.1, 0.15) is 36.1 Å². The topological polar surface area (TPSA) is 50.4 Å². The van der Waals surface area contributed by atoms with Crippen molar-refractivity contribution in [2.45, 2.75) is 32.6 Å². The number of nitrogens with one attached hydrogen (secondary N) is 1. The normalized spacial score (nSPS) is 13.7. The first kappa shape index (κ1) is 23.1. The second-order valence-corrected chi connectivity index (χ2v) is 7.38. The van der Waals surface area contributed by atoms with Crippen molar-refractivity contribution in [1.29, 1.82) is 0 Å². The number of alkyl halides is 3. The molecule has 0 radical (unpaired) electrons. The van der Waals surface area contributed by atoms with Crippen LogP contribution in [0.4, 0.5) is 18.9 Å². The van der Waals surface area contributed by atoms with Gasteiger partial charge in [0.1, 0.15) is 5.84 Å². The van der Waals surface area contributed by atoms with Crippen LogP contribution >= 0.6 is 0 Å². The van der Waals surface area contributed by atoms with E-state index in [-0.39, 0.29) is 18.2 Å². The molecule has 0 bridgehead atoms. The van der Waals surface area contributed by atoms with E-state index in [4.69, 9.17) is 5.73 Å². The number of rotatable bonds is 6. The van der Waals surface area contributed by atoms with Crippen molar-refractivity contribution in [3.63, 3.8) is 0 Å². The molecule has 6 heteroatoms. The predicted octanol–water partition coefficient (Wildman–Crippen LogP) is 6.32. The molecule has 32 heavy (non-hydrogen) atoms. The molecule has 0 heterocycles. The molecular weight excluding hydrogens is 411 g/mol. The Labute approximate surface area is 186 Å². The van der Waals surface area contributed by atoms with Crippen molar-refractivity contribution in [3.8, 4) is 0 Å². The van der Waals surface area contributed by atoms with Gasteiger partial charge in [-0.25, -0.2) is 0 Å². The number of nitrogens with zero attached hydrogens (tertiary/aromatic N) is 1. The molecule has 1 atom stereocenters. The van der Waals surface area contributed by atoms with Gasteiger partial charge in [0, 0.05) is 11.3 Å². The van der Waals surface area contributed by atoms with Crippen molar-refractivity contribution >= 4 is 17.1 Å². The molecule has 0 aromatic heterocycles. The Bertz CT molecular complexity index is 1100. The monoisotopic (exact) mass is 437 g/mol. The Morgan fingerprint density at radius 2 is 1.59 bits per heavy atom. The molecular formula is C26H26F3N3. The van der Waals surface area contributed by atoms with Crippen LogP contribution in [0, 0.1) is 0 Å². The number of amidine groups is 1. The highest BCUT2D eigenvalue weighted by molar-refractivity contribution is 6.04. The predicted molar refractivity (Wildman–Crippen MR) is 125 cm³/mol. The molecule has 0 aliphatic carbocycles. The molecule has 3 rings (SSSR count). The average molecular weight is 438 g/mol. The van der Waals surface area contributed by atoms with Crippen LogP contribution in [-0.2, 0) is 12.7 Å². The second-order valence-electron chi connectivity index (χ2n) is 7.38. The van der Waals surface area contributed by atoms with Gasteiger partial charge in [-0.05, 0) is 48.7 Å². The van der Waals surface area contributed by atoms with Crippen LogP contribution < -0.4 is 11.1 Å². The van der Waals surface area contributed by atoms with Crippen molar-refractivity contribution in [2.75, 3.05) is 5.73 Å². The van der Waals surface area contributed by atoms with E-state index < -0.39 is 11.7 Å². The minimum Gasteiger partial charge on any atom is -0.398 e. The molecule has 166 valence electrons. The summed E-state index contributed by atoms with van der Waals surface area (Å²) in [5.41, 5.74) is 8.83. The highest BCUT2D eigenvalue weighted by atomic mass is 19.4. The molecule has 3 N–H and O–H groups in total. The van der Waals surface area contributed by atoms with Crippen LogP contribution in [-0.4, -0.2) is 11.9 Å². The standard InChI is InChI=1S/C26H26F3N3/c1-3-21(19-11-5-4-6-12-19)18(2)32-25(22-14-8-10-16-24(22)30)31-17-20-13-7-9-15-23(20)26(27,28)29/h3-16,18H,17,30H2,1-2H3,(H,31,32)/b21-3+. The van der Waals surface area contributed by atoms with E-state index in [2.05, 4.69) is 10.3 Å². The number of benzene rings is 3. The van der Waals surface area contributed by atoms with Gasteiger partial charge in [0.2, 0.25) is 0 Å². The van der Waals surface area contributed by atoms with Gasteiger partial charge in [-0.1, -0.05) is 66.7 Å². The summed E-state index contributed by atoms with van der Waals surface area (Å²) in [7, 11) is 0. The van der Waals surface area contributed by atoms with Crippen LogP contribution in [0.3, 0.4) is 0 Å². The zero-order valence-corrected chi connectivity index (χ0v) is 18.0. The summed E-state index contributed by atoms with van der Waals surface area (Å²) in [4.78, 5) is 4.55. The third-order valence-electron chi connectivity index (χ3n) is 5.18. The number of halogens is 3. The van der Waals surface area contributed by atoms with Gasteiger partial charge >= 0.3 is 6.18 Å². The Kier molecular flexibility index (Phi) is 7.36. The summed E-state index contributed by atoms with van der Waals surface area (Å²) in [6, 6.07) is 22.4. The summed E-state index contributed by atoms with van der Waals surface area (Å²) in [6.45, 7) is 3.81. The van der Waals surface area contributed by atoms with E-state index in [0.717, 1.165) is 17.2 Å². The lowest BCUT2D eigenvalue weighted by atomic mass is 9.99. The molecule has 1 unspecified atom stereocenters. The number of aliphatic imine (C=N–C) groups is 1. The highest BCUT2D eigenvalue weighted by Gasteiger charge is 2.32. The van der Waals surface area contributed by atoms with Crippen LogP contribution in [0.15, 0.2) is 89.9 Å². The lowest BCUT2D eigenvalue weighted by molar-refractivity contribution is -0.138. The Morgan fingerprint density at radius 3 is 2.25 bits per heavy atom. The molecule has 3 aromatic rings. The first-order chi connectivity index (χ1) is 15.3. The zero-order chi connectivity index (χ0) is 23.1. The molecule has 0 aliphatic heterocycles. The third kappa shape index (κ3) is 5.58. The highest BCUT2D eigenvalue weighted by Crippen LogP contribution is 2.32. The number of anilines is 1. The first-order valence-electron chi connectivity index (χ1n) is 10.3. The summed E-state index contributed by atoms with van der Waals surface area (Å²) >= 11 is 0. The van der Waals surface area contributed by atoms with E-state index >= 15 is 0 Å². The average Bonchev–Trinajstić information content (AvgIpc) is 2.78. The van der Waals surface area contributed by atoms with Gasteiger partial charge in [0.25, 0.3) is 0 Å². The van der Waals surface area contributed by atoms with Crippen LogP contribution in [0.2, 0.25) is 0 Å². The summed E-state index contributed by atoms with van der Waals surface area (Å²) < 4.78 is 40.3. The maximum absolute atomic E-state index is 13.4. The van der Waals surface area contributed by atoms with Crippen molar-refractivity contribution in [1.82, 2.24) is 5.32 Å². The minimum atomic E-state index is -4.44. The lowest BCUT2D eigenvalue weighted by Gasteiger charge is -2.22. The third-order valence-corrected chi connectivity index (χ3v) is 5.18. The Balaban J connectivity index is 1.96. The Morgan fingerprint density at radius 1 is 0.969 bits per heavy atom. The van der Waals surface area contributed by atoms with Crippen LogP contribution in [0.25, 0.3) is 5.57 Å². The fourth-order valence-corrected chi connectivity index (χ4v) is 3.60. The number of nitrogen functional groups attached to an aromatic ring is 1. The van der Waals surface area contributed by atoms with E-state index in [1.165, 1.54) is 12.1 Å². The molecule has 0 spiro atoms. The van der Waals surface area contributed by atoms with Crippen molar-refractivity contribution in [2.24, 2.45) is 4.99 Å². The van der Waals surface area contributed by atoms with E-state index in [1.54, 1.807) is 24.3 Å². The van der Waals surface area contributed by atoms with Gasteiger partial charge in [-0.15, -0.1) is 0 Å². The minimum absolute atomic E-state index is 0.107. The molecule has 0 amide bonds.